The van der Waals surface area contributed by atoms with Crippen LogP contribution >= 0.6 is 11.3 Å². The van der Waals surface area contributed by atoms with Crippen molar-refractivity contribution in [2.75, 3.05) is 32.2 Å². The van der Waals surface area contributed by atoms with Gasteiger partial charge in [0.25, 0.3) is 0 Å². The summed E-state index contributed by atoms with van der Waals surface area (Å²) in [4.78, 5) is 8.12. The lowest BCUT2D eigenvalue weighted by molar-refractivity contribution is 0.206. The van der Waals surface area contributed by atoms with Gasteiger partial charge in [-0.15, -0.1) is 11.3 Å². The van der Waals surface area contributed by atoms with Gasteiger partial charge in [0.2, 0.25) is 0 Å². The largest absolute Gasteiger partial charge is 0.383 e. The van der Waals surface area contributed by atoms with E-state index in [0.717, 1.165) is 36.6 Å². The fourth-order valence-electron chi connectivity index (χ4n) is 1.59. The maximum absolute atomic E-state index is 5.08. The zero-order chi connectivity index (χ0) is 12.3. The Labute approximate surface area is 107 Å². The van der Waals surface area contributed by atoms with Gasteiger partial charge in [-0.2, -0.15) is 0 Å². The molecule has 4 nitrogen and oxygen atoms in total. The van der Waals surface area contributed by atoms with Crippen molar-refractivity contribution in [2.24, 2.45) is 0 Å². The molecular formula is C12H21N3OS. The Morgan fingerprint density at radius 1 is 1.53 bits per heavy atom. The molecular weight excluding hydrogens is 234 g/mol. The van der Waals surface area contributed by atoms with Gasteiger partial charge in [0.15, 0.2) is 5.13 Å². The van der Waals surface area contributed by atoms with Crippen LogP contribution in [0.2, 0.25) is 0 Å². The summed E-state index contributed by atoms with van der Waals surface area (Å²) in [6, 6.07) is 0.756. The van der Waals surface area contributed by atoms with Crippen LogP contribution in [0.5, 0.6) is 0 Å². The molecule has 17 heavy (non-hydrogen) atoms. The van der Waals surface area contributed by atoms with Crippen molar-refractivity contribution >= 4 is 16.5 Å². The summed E-state index contributed by atoms with van der Waals surface area (Å²) in [5, 5.41) is 4.63. The predicted molar refractivity (Wildman–Crippen MR) is 71.9 cm³/mol. The first-order valence-corrected chi connectivity index (χ1v) is 6.92. The Morgan fingerprint density at radius 3 is 2.94 bits per heavy atom. The second kappa shape index (κ2) is 5.80. The number of nitrogens with one attached hydrogen (secondary N) is 1. The van der Waals surface area contributed by atoms with Gasteiger partial charge in [-0.05, 0) is 19.8 Å². The zero-order valence-electron chi connectivity index (χ0n) is 10.8. The van der Waals surface area contributed by atoms with Gasteiger partial charge in [0, 0.05) is 38.2 Å². The van der Waals surface area contributed by atoms with Gasteiger partial charge in [-0.3, -0.25) is 0 Å². The minimum Gasteiger partial charge on any atom is -0.383 e. The van der Waals surface area contributed by atoms with Gasteiger partial charge in [-0.1, -0.05) is 0 Å². The van der Waals surface area contributed by atoms with E-state index in [1.807, 2.05) is 0 Å². The first kappa shape index (κ1) is 12.8. The van der Waals surface area contributed by atoms with Crippen molar-refractivity contribution in [3.05, 3.63) is 10.6 Å². The molecule has 0 unspecified atom stereocenters. The molecule has 1 saturated carbocycles. The van der Waals surface area contributed by atoms with Crippen LogP contribution in [0, 0.1) is 6.92 Å². The van der Waals surface area contributed by atoms with Crippen LogP contribution < -0.4 is 10.2 Å². The van der Waals surface area contributed by atoms with Gasteiger partial charge >= 0.3 is 0 Å². The summed E-state index contributed by atoms with van der Waals surface area (Å²) < 4.78 is 5.08. The summed E-state index contributed by atoms with van der Waals surface area (Å²) in [5.74, 6) is 0. The molecule has 1 aliphatic rings. The number of hydrogen-bond donors (Lipinski definition) is 1. The van der Waals surface area contributed by atoms with Crippen LogP contribution in [0.1, 0.15) is 23.4 Å². The third-order valence-corrected chi connectivity index (χ3v) is 4.24. The fourth-order valence-corrected chi connectivity index (χ4v) is 2.59. The maximum atomic E-state index is 5.08. The predicted octanol–water partition coefficient (Wildman–Crippen LogP) is 1.79. The van der Waals surface area contributed by atoms with Crippen molar-refractivity contribution in [3.8, 4) is 0 Å². The molecule has 0 bridgehead atoms. The average Bonchev–Trinajstić information content (AvgIpc) is 3.07. The van der Waals surface area contributed by atoms with E-state index in [1.54, 1.807) is 18.4 Å². The Bertz CT molecular complexity index is 363. The van der Waals surface area contributed by atoms with Gasteiger partial charge in [0.05, 0.1) is 12.3 Å². The quantitative estimate of drug-likeness (QED) is 0.806. The first-order valence-electron chi connectivity index (χ1n) is 6.10. The average molecular weight is 255 g/mol. The summed E-state index contributed by atoms with van der Waals surface area (Å²) in [6.07, 6.45) is 2.66. The molecule has 1 aromatic heterocycles. The van der Waals surface area contributed by atoms with Crippen molar-refractivity contribution in [3.63, 3.8) is 0 Å². The highest BCUT2D eigenvalue weighted by Gasteiger charge is 2.21. The van der Waals surface area contributed by atoms with Crippen LogP contribution in [0.3, 0.4) is 0 Å². The number of thiazole rings is 1. The van der Waals surface area contributed by atoms with E-state index < -0.39 is 0 Å². The second-order valence-corrected chi connectivity index (χ2v) is 5.64. The first-order chi connectivity index (χ1) is 8.20. The number of rotatable bonds is 7. The van der Waals surface area contributed by atoms with Gasteiger partial charge in [-0.25, -0.2) is 4.98 Å². The zero-order valence-corrected chi connectivity index (χ0v) is 11.6. The molecule has 96 valence electrons. The third kappa shape index (κ3) is 3.66. The maximum Gasteiger partial charge on any atom is 0.185 e. The summed E-state index contributed by atoms with van der Waals surface area (Å²) in [5.41, 5.74) is 1.16. The number of ether oxygens (including phenoxy) is 1. The number of methoxy groups -OCH3 is 1. The smallest absolute Gasteiger partial charge is 0.185 e. The van der Waals surface area contributed by atoms with E-state index in [9.17, 15) is 0 Å². The number of anilines is 1. The molecule has 0 spiro atoms. The van der Waals surface area contributed by atoms with Crippen LogP contribution in [0.25, 0.3) is 0 Å². The van der Waals surface area contributed by atoms with Crippen molar-refractivity contribution < 1.29 is 4.74 Å². The molecule has 0 saturated heterocycles. The molecule has 1 heterocycles. The van der Waals surface area contributed by atoms with E-state index in [2.05, 4.69) is 29.2 Å². The van der Waals surface area contributed by atoms with E-state index >= 15 is 0 Å². The SMILES string of the molecule is COCCN(C)c1nc(C)c(CNC2CC2)s1. The minimum atomic E-state index is 0.741. The van der Waals surface area contributed by atoms with Crippen molar-refractivity contribution in [2.45, 2.75) is 32.4 Å². The van der Waals surface area contributed by atoms with E-state index in [1.165, 1.54) is 17.7 Å². The number of aryl methyl sites for hydroxylation is 1. The molecule has 0 aromatic carbocycles. The highest BCUT2D eigenvalue weighted by molar-refractivity contribution is 7.15. The molecule has 0 amide bonds. The molecule has 0 aliphatic heterocycles. The molecule has 2 rings (SSSR count). The number of likely N-dealkylation sites (N-methyl/N-ethyl adjacent to an activating group) is 1. The molecule has 1 N–H and O–H groups in total. The summed E-state index contributed by atoms with van der Waals surface area (Å²) in [6.45, 7) is 4.68. The lowest BCUT2D eigenvalue weighted by Crippen LogP contribution is -2.21. The van der Waals surface area contributed by atoms with Crippen molar-refractivity contribution in [1.29, 1.82) is 0 Å². The third-order valence-electron chi connectivity index (χ3n) is 2.97. The van der Waals surface area contributed by atoms with Gasteiger partial charge in [0.1, 0.15) is 0 Å². The highest BCUT2D eigenvalue weighted by atomic mass is 32.1. The molecule has 1 aromatic rings. The lowest BCUT2D eigenvalue weighted by atomic mass is 10.4. The fraction of sp³-hybridized carbons (Fsp3) is 0.750. The van der Waals surface area contributed by atoms with Crippen LogP contribution in [0.15, 0.2) is 0 Å². The Kier molecular flexibility index (Phi) is 4.36. The summed E-state index contributed by atoms with van der Waals surface area (Å²) >= 11 is 1.78. The number of aromatic nitrogens is 1. The van der Waals surface area contributed by atoms with Crippen LogP contribution in [-0.2, 0) is 11.3 Å². The standard InChI is InChI=1S/C12H21N3OS/c1-9-11(8-13-10-4-5-10)17-12(14-9)15(2)6-7-16-3/h10,13H,4-8H2,1-3H3. The van der Waals surface area contributed by atoms with Crippen molar-refractivity contribution in [1.82, 2.24) is 10.3 Å². The highest BCUT2D eigenvalue weighted by Crippen LogP contribution is 2.26. The molecule has 0 radical (unpaired) electrons. The monoisotopic (exact) mass is 255 g/mol. The Morgan fingerprint density at radius 2 is 2.29 bits per heavy atom. The van der Waals surface area contributed by atoms with E-state index in [4.69, 9.17) is 4.74 Å². The molecule has 5 heteroatoms. The summed E-state index contributed by atoms with van der Waals surface area (Å²) in [7, 11) is 3.79. The normalized spacial score (nSPS) is 15.2. The Hall–Kier alpha value is -0.650. The topological polar surface area (TPSA) is 37.4 Å². The minimum absolute atomic E-state index is 0.741. The molecule has 1 fully saturated rings. The van der Waals surface area contributed by atoms with E-state index in [0.29, 0.717) is 0 Å². The number of hydrogen-bond acceptors (Lipinski definition) is 5. The lowest BCUT2D eigenvalue weighted by Gasteiger charge is -2.14. The van der Waals surface area contributed by atoms with E-state index in [-0.39, 0.29) is 0 Å². The molecule has 1 aliphatic carbocycles. The molecule has 0 atom stereocenters. The van der Waals surface area contributed by atoms with Crippen LogP contribution in [-0.4, -0.2) is 38.3 Å². The Balaban J connectivity index is 1.91. The van der Waals surface area contributed by atoms with Gasteiger partial charge < -0.3 is 15.0 Å². The van der Waals surface area contributed by atoms with Crippen LogP contribution in [0.4, 0.5) is 5.13 Å². The second-order valence-electron chi connectivity index (χ2n) is 4.57. The number of nitrogens with zero attached hydrogens (tertiary/aromatic N) is 2.